The van der Waals surface area contributed by atoms with Crippen molar-refractivity contribution in [1.29, 1.82) is 0 Å². The lowest BCUT2D eigenvalue weighted by atomic mass is 10.1. The van der Waals surface area contributed by atoms with Gasteiger partial charge in [0.1, 0.15) is 5.01 Å². The second kappa shape index (κ2) is 7.54. The molecule has 0 saturated carbocycles. The summed E-state index contributed by atoms with van der Waals surface area (Å²) in [5.74, 6) is 0.855. The van der Waals surface area contributed by atoms with Gasteiger partial charge in [-0.3, -0.25) is 4.90 Å². The van der Waals surface area contributed by atoms with E-state index >= 15 is 0 Å². The third kappa shape index (κ3) is 3.51. The second-order valence-corrected chi connectivity index (χ2v) is 9.03. The van der Waals surface area contributed by atoms with Crippen LogP contribution in [-0.4, -0.2) is 26.4 Å². The van der Waals surface area contributed by atoms with E-state index in [2.05, 4.69) is 52.5 Å². The quantitative estimate of drug-likeness (QED) is 0.469. The third-order valence-electron chi connectivity index (χ3n) is 5.04. The fourth-order valence-electron chi connectivity index (χ4n) is 3.52. The van der Waals surface area contributed by atoms with E-state index in [1.807, 2.05) is 18.3 Å². The van der Waals surface area contributed by atoms with E-state index in [1.54, 1.807) is 22.7 Å². The standard InChI is InChI=1S/C22H20N4S2/c1-15-20(28-22(24-15)16-6-3-2-4-7-16)14-26-10-9-18-17(13-26)12-23-21(25-18)19-8-5-11-27-19/h2-8,11-12H,9-10,13-14H2,1H3. The van der Waals surface area contributed by atoms with Crippen molar-refractivity contribution in [1.82, 2.24) is 19.9 Å². The molecule has 4 nitrogen and oxygen atoms in total. The zero-order chi connectivity index (χ0) is 18.9. The number of hydrogen-bond acceptors (Lipinski definition) is 6. The van der Waals surface area contributed by atoms with Crippen LogP contribution < -0.4 is 0 Å². The summed E-state index contributed by atoms with van der Waals surface area (Å²) in [6.07, 6.45) is 2.98. The van der Waals surface area contributed by atoms with Gasteiger partial charge in [-0.15, -0.1) is 22.7 Å². The number of benzene rings is 1. The number of aryl methyl sites for hydroxylation is 1. The Morgan fingerprint density at radius 2 is 1.96 bits per heavy atom. The minimum Gasteiger partial charge on any atom is -0.293 e. The predicted octanol–water partition coefficient (Wildman–Crippen LogP) is 5.20. The van der Waals surface area contributed by atoms with Crippen LogP contribution in [0.15, 0.2) is 54.0 Å². The summed E-state index contributed by atoms with van der Waals surface area (Å²) in [4.78, 5) is 19.2. The molecule has 1 aliphatic rings. The highest BCUT2D eigenvalue weighted by atomic mass is 32.1. The van der Waals surface area contributed by atoms with Gasteiger partial charge in [-0.1, -0.05) is 36.4 Å². The van der Waals surface area contributed by atoms with Crippen molar-refractivity contribution in [3.05, 3.63) is 75.9 Å². The van der Waals surface area contributed by atoms with E-state index in [0.717, 1.165) is 47.5 Å². The van der Waals surface area contributed by atoms with E-state index in [0.29, 0.717) is 0 Å². The van der Waals surface area contributed by atoms with Crippen molar-refractivity contribution < 1.29 is 0 Å². The van der Waals surface area contributed by atoms with Crippen molar-refractivity contribution in [2.24, 2.45) is 0 Å². The molecule has 4 heterocycles. The Balaban J connectivity index is 1.33. The maximum Gasteiger partial charge on any atom is 0.169 e. The molecule has 0 spiro atoms. The number of thiazole rings is 1. The Hall–Kier alpha value is -2.41. The van der Waals surface area contributed by atoms with Crippen molar-refractivity contribution in [2.45, 2.75) is 26.4 Å². The van der Waals surface area contributed by atoms with Gasteiger partial charge in [-0.05, 0) is 18.4 Å². The van der Waals surface area contributed by atoms with Crippen LogP contribution >= 0.6 is 22.7 Å². The summed E-state index contributed by atoms with van der Waals surface area (Å²) in [7, 11) is 0. The van der Waals surface area contributed by atoms with E-state index in [-0.39, 0.29) is 0 Å². The van der Waals surface area contributed by atoms with Crippen LogP contribution in [0.5, 0.6) is 0 Å². The minimum absolute atomic E-state index is 0.855. The molecular formula is C22H20N4S2. The minimum atomic E-state index is 0.855. The lowest BCUT2D eigenvalue weighted by Gasteiger charge is -2.27. The number of hydrogen-bond donors (Lipinski definition) is 0. The first-order chi connectivity index (χ1) is 13.8. The molecule has 1 aliphatic heterocycles. The van der Waals surface area contributed by atoms with Crippen molar-refractivity contribution in [3.63, 3.8) is 0 Å². The van der Waals surface area contributed by atoms with Gasteiger partial charge in [0, 0.05) is 48.3 Å². The first kappa shape index (κ1) is 17.7. The van der Waals surface area contributed by atoms with Crippen LogP contribution in [0.4, 0.5) is 0 Å². The van der Waals surface area contributed by atoms with Crippen LogP contribution in [0.3, 0.4) is 0 Å². The monoisotopic (exact) mass is 404 g/mol. The predicted molar refractivity (Wildman–Crippen MR) is 115 cm³/mol. The molecule has 0 atom stereocenters. The van der Waals surface area contributed by atoms with Gasteiger partial charge in [0.2, 0.25) is 0 Å². The van der Waals surface area contributed by atoms with E-state index in [9.17, 15) is 0 Å². The van der Waals surface area contributed by atoms with Gasteiger partial charge in [-0.2, -0.15) is 0 Å². The first-order valence-corrected chi connectivity index (χ1v) is 11.1. The molecule has 0 bridgehead atoms. The van der Waals surface area contributed by atoms with Crippen LogP contribution in [0, 0.1) is 6.92 Å². The topological polar surface area (TPSA) is 41.9 Å². The summed E-state index contributed by atoms with van der Waals surface area (Å²) < 4.78 is 0. The van der Waals surface area contributed by atoms with E-state index in [4.69, 9.17) is 9.97 Å². The number of thiophene rings is 1. The van der Waals surface area contributed by atoms with Crippen molar-refractivity contribution in [3.8, 4) is 21.3 Å². The second-order valence-electron chi connectivity index (χ2n) is 7.00. The van der Waals surface area contributed by atoms with Gasteiger partial charge >= 0.3 is 0 Å². The van der Waals surface area contributed by atoms with Crippen LogP contribution in [0.1, 0.15) is 21.8 Å². The average Bonchev–Trinajstić information content (AvgIpc) is 3.39. The Kier molecular flexibility index (Phi) is 4.76. The van der Waals surface area contributed by atoms with E-state index < -0.39 is 0 Å². The third-order valence-corrected chi connectivity index (χ3v) is 7.09. The zero-order valence-electron chi connectivity index (χ0n) is 15.6. The summed E-state index contributed by atoms with van der Waals surface area (Å²) in [6.45, 7) is 4.97. The fraction of sp³-hybridized carbons (Fsp3) is 0.227. The smallest absolute Gasteiger partial charge is 0.169 e. The first-order valence-electron chi connectivity index (χ1n) is 9.39. The molecule has 140 valence electrons. The lowest BCUT2D eigenvalue weighted by molar-refractivity contribution is 0.244. The molecule has 0 fully saturated rings. The van der Waals surface area contributed by atoms with Crippen LogP contribution in [0.2, 0.25) is 0 Å². The number of fused-ring (bicyclic) bond motifs is 1. The molecule has 28 heavy (non-hydrogen) atoms. The highest BCUT2D eigenvalue weighted by Crippen LogP contribution is 2.30. The Morgan fingerprint density at radius 3 is 2.79 bits per heavy atom. The molecule has 6 heteroatoms. The normalized spacial score (nSPS) is 14.2. The summed E-state index contributed by atoms with van der Waals surface area (Å²) in [5, 5.41) is 3.18. The van der Waals surface area contributed by atoms with Gasteiger partial charge in [0.15, 0.2) is 5.82 Å². The lowest BCUT2D eigenvalue weighted by Crippen LogP contribution is -2.30. The molecule has 3 aromatic heterocycles. The molecule has 0 N–H and O–H groups in total. The molecule has 1 aromatic carbocycles. The van der Waals surface area contributed by atoms with Crippen molar-refractivity contribution in [2.75, 3.05) is 6.54 Å². The van der Waals surface area contributed by atoms with Crippen molar-refractivity contribution >= 4 is 22.7 Å². The van der Waals surface area contributed by atoms with Crippen LogP contribution in [-0.2, 0) is 19.5 Å². The van der Waals surface area contributed by atoms with Gasteiger partial charge in [-0.25, -0.2) is 15.0 Å². The largest absolute Gasteiger partial charge is 0.293 e. The van der Waals surface area contributed by atoms with Crippen LogP contribution in [0.25, 0.3) is 21.3 Å². The molecule has 4 aromatic rings. The molecule has 0 aliphatic carbocycles. The number of aromatic nitrogens is 3. The number of nitrogens with zero attached hydrogens (tertiary/aromatic N) is 4. The molecule has 0 unspecified atom stereocenters. The van der Waals surface area contributed by atoms with Gasteiger partial charge in [0.25, 0.3) is 0 Å². The van der Waals surface area contributed by atoms with Gasteiger partial charge in [0.05, 0.1) is 16.3 Å². The fourth-order valence-corrected chi connectivity index (χ4v) is 5.29. The molecule has 5 rings (SSSR count). The maximum atomic E-state index is 4.82. The van der Waals surface area contributed by atoms with Gasteiger partial charge < -0.3 is 0 Å². The Morgan fingerprint density at radius 1 is 1.07 bits per heavy atom. The zero-order valence-corrected chi connectivity index (χ0v) is 17.3. The summed E-state index contributed by atoms with van der Waals surface area (Å²) >= 11 is 3.50. The molecular weight excluding hydrogens is 384 g/mol. The molecule has 0 radical (unpaired) electrons. The van der Waals surface area contributed by atoms with E-state index in [1.165, 1.54) is 21.7 Å². The highest BCUT2D eigenvalue weighted by Gasteiger charge is 2.21. The Bertz CT molecular complexity index is 1090. The molecule has 0 saturated heterocycles. The maximum absolute atomic E-state index is 4.82. The number of rotatable bonds is 4. The highest BCUT2D eigenvalue weighted by molar-refractivity contribution is 7.15. The summed E-state index contributed by atoms with van der Waals surface area (Å²) in [6, 6.07) is 14.6. The molecule has 0 amide bonds. The average molecular weight is 405 g/mol. The summed E-state index contributed by atoms with van der Waals surface area (Å²) in [5.41, 5.74) is 4.77. The SMILES string of the molecule is Cc1nc(-c2ccccc2)sc1CN1CCc2nc(-c3cccs3)ncc2C1. The Labute approximate surface area is 172 Å².